The smallest absolute Gasteiger partial charge is 0.0871 e. The average molecular weight is 341 g/mol. The van der Waals surface area contributed by atoms with Crippen LogP contribution in [0.15, 0.2) is 53.0 Å². The number of benzene rings is 2. The second-order valence-corrected chi connectivity index (χ2v) is 5.65. The van der Waals surface area contributed by atoms with Gasteiger partial charge in [0.15, 0.2) is 0 Å². The van der Waals surface area contributed by atoms with Crippen LogP contribution in [0.1, 0.15) is 23.1 Å². The molecule has 0 saturated heterocycles. The molecule has 2 unspecified atom stereocenters. The van der Waals surface area contributed by atoms with Crippen LogP contribution in [0, 0.1) is 0 Å². The summed E-state index contributed by atoms with van der Waals surface area (Å²) in [6, 6.07) is 15.0. The maximum atomic E-state index is 10.5. The molecule has 0 spiro atoms. The van der Waals surface area contributed by atoms with Crippen LogP contribution in [0.5, 0.6) is 0 Å². The van der Waals surface area contributed by atoms with Crippen LogP contribution < -0.4 is 5.73 Å². The maximum absolute atomic E-state index is 10.5. The molecule has 0 fully saturated rings. The van der Waals surface area contributed by atoms with Crippen molar-refractivity contribution in [2.75, 3.05) is 6.54 Å². The number of rotatable bonds is 4. The first-order valence-corrected chi connectivity index (χ1v) is 7.18. The van der Waals surface area contributed by atoms with Crippen LogP contribution in [0.25, 0.3) is 0 Å². The highest BCUT2D eigenvalue weighted by molar-refractivity contribution is 9.10. The van der Waals surface area contributed by atoms with E-state index < -0.39 is 6.10 Å². The lowest BCUT2D eigenvalue weighted by atomic mass is 9.89. The highest BCUT2D eigenvalue weighted by Crippen LogP contribution is 2.34. The summed E-state index contributed by atoms with van der Waals surface area (Å²) in [6.45, 7) is 0.357. The van der Waals surface area contributed by atoms with Crippen LogP contribution in [0.2, 0.25) is 5.02 Å². The number of hydrogen-bond acceptors (Lipinski definition) is 2. The molecule has 4 heteroatoms. The van der Waals surface area contributed by atoms with E-state index in [1.54, 1.807) is 12.1 Å². The fourth-order valence-electron chi connectivity index (χ4n) is 2.12. The molecule has 0 bridgehead atoms. The first-order chi connectivity index (χ1) is 9.13. The molecule has 0 heterocycles. The van der Waals surface area contributed by atoms with Crippen molar-refractivity contribution < 1.29 is 5.11 Å². The van der Waals surface area contributed by atoms with Crippen LogP contribution in [-0.4, -0.2) is 11.7 Å². The predicted molar refractivity (Wildman–Crippen MR) is 82.3 cm³/mol. The molecule has 100 valence electrons. The lowest BCUT2D eigenvalue weighted by molar-refractivity contribution is 0.147. The number of hydrogen-bond donors (Lipinski definition) is 2. The van der Waals surface area contributed by atoms with Crippen molar-refractivity contribution >= 4 is 27.5 Å². The summed E-state index contributed by atoms with van der Waals surface area (Å²) in [7, 11) is 0. The van der Waals surface area contributed by atoms with Gasteiger partial charge in [-0.05, 0) is 29.3 Å². The highest BCUT2D eigenvalue weighted by atomic mass is 79.9. The van der Waals surface area contributed by atoms with Crippen molar-refractivity contribution in [2.45, 2.75) is 12.0 Å². The van der Waals surface area contributed by atoms with Gasteiger partial charge in [0.1, 0.15) is 0 Å². The van der Waals surface area contributed by atoms with E-state index in [0.29, 0.717) is 11.6 Å². The molecule has 3 N–H and O–H groups in total. The van der Waals surface area contributed by atoms with E-state index in [1.165, 1.54) is 0 Å². The van der Waals surface area contributed by atoms with Gasteiger partial charge < -0.3 is 10.8 Å². The zero-order chi connectivity index (χ0) is 13.8. The molecule has 2 atom stereocenters. The zero-order valence-corrected chi connectivity index (χ0v) is 12.6. The third-order valence-electron chi connectivity index (χ3n) is 3.13. The molecule has 2 aromatic rings. The van der Waals surface area contributed by atoms with Crippen molar-refractivity contribution in [1.82, 2.24) is 0 Å². The quantitative estimate of drug-likeness (QED) is 0.887. The Morgan fingerprint density at radius 3 is 2.53 bits per heavy atom. The summed E-state index contributed by atoms with van der Waals surface area (Å²) in [5, 5.41) is 11.1. The Hall–Kier alpha value is -0.870. The first-order valence-electron chi connectivity index (χ1n) is 6.01. The van der Waals surface area contributed by atoms with E-state index in [9.17, 15) is 5.11 Å². The third kappa shape index (κ3) is 3.37. The Kier molecular flexibility index (Phi) is 4.99. The Morgan fingerprint density at radius 1 is 1.16 bits per heavy atom. The molecule has 0 aliphatic carbocycles. The topological polar surface area (TPSA) is 46.2 Å². The highest BCUT2D eigenvalue weighted by Gasteiger charge is 2.23. The van der Waals surface area contributed by atoms with Gasteiger partial charge in [0.2, 0.25) is 0 Å². The molecule has 19 heavy (non-hydrogen) atoms. The van der Waals surface area contributed by atoms with Gasteiger partial charge in [0.25, 0.3) is 0 Å². The van der Waals surface area contributed by atoms with Crippen molar-refractivity contribution in [3.8, 4) is 0 Å². The number of nitrogens with two attached hydrogens (primary N) is 1. The minimum atomic E-state index is -0.678. The van der Waals surface area contributed by atoms with Crippen LogP contribution in [0.3, 0.4) is 0 Å². The molecule has 0 aliphatic rings. The summed E-state index contributed by atoms with van der Waals surface area (Å²) in [6.07, 6.45) is -0.678. The molecule has 2 nitrogen and oxygen atoms in total. The van der Waals surface area contributed by atoms with Gasteiger partial charge in [-0.25, -0.2) is 0 Å². The Balaban J connectivity index is 2.35. The monoisotopic (exact) mass is 339 g/mol. The van der Waals surface area contributed by atoms with Crippen LogP contribution >= 0.6 is 27.5 Å². The third-order valence-corrected chi connectivity index (χ3v) is 4.09. The summed E-state index contributed by atoms with van der Waals surface area (Å²) in [5.74, 6) is -0.172. The zero-order valence-electron chi connectivity index (χ0n) is 10.3. The molecule has 0 saturated carbocycles. The van der Waals surface area contributed by atoms with Gasteiger partial charge in [-0.3, -0.25) is 0 Å². The van der Waals surface area contributed by atoms with E-state index in [-0.39, 0.29) is 5.92 Å². The lowest BCUT2D eigenvalue weighted by Crippen LogP contribution is -2.20. The number of halogens is 2. The minimum absolute atomic E-state index is 0.172. The summed E-state index contributed by atoms with van der Waals surface area (Å²) >= 11 is 9.46. The van der Waals surface area contributed by atoms with E-state index in [4.69, 9.17) is 17.3 Å². The molecule has 2 aromatic carbocycles. The molecule has 0 aromatic heterocycles. The summed E-state index contributed by atoms with van der Waals surface area (Å²) in [4.78, 5) is 0. The summed E-state index contributed by atoms with van der Waals surface area (Å²) in [5.41, 5.74) is 7.61. The van der Waals surface area contributed by atoms with Crippen molar-refractivity contribution in [2.24, 2.45) is 5.73 Å². The van der Waals surface area contributed by atoms with Gasteiger partial charge >= 0.3 is 0 Å². The number of aliphatic hydroxyl groups is 1. The molecule has 2 rings (SSSR count). The standard InChI is InChI=1S/C15H15BrClNO/c16-14-7-2-1-6-12(14)13(9-18)15(19)10-4-3-5-11(17)8-10/h1-8,13,15,19H,9,18H2. The van der Waals surface area contributed by atoms with Gasteiger partial charge in [0.05, 0.1) is 6.10 Å². The predicted octanol–water partition coefficient (Wildman–Crippen LogP) is 3.88. The second-order valence-electron chi connectivity index (χ2n) is 4.36. The second kappa shape index (κ2) is 6.53. The largest absolute Gasteiger partial charge is 0.388 e. The van der Waals surface area contributed by atoms with Gasteiger partial charge in [-0.15, -0.1) is 0 Å². The van der Waals surface area contributed by atoms with E-state index in [1.807, 2.05) is 36.4 Å². The minimum Gasteiger partial charge on any atom is -0.388 e. The Labute approximate surface area is 126 Å². The van der Waals surface area contributed by atoms with Crippen molar-refractivity contribution in [3.05, 3.63) is 69.2 Å². The molecule has 0 radical (unpaired) electrons. The van der Waals surface area contributed by atoms with Gasteiger partial charge in [-0.2, -0.15) is 0 Å². The maximum Gasteiger partial charge on any atom is 0.0871 e. The van der Waals surface area contributed by atoms with Gasteiger partial charge in [-0.1, -0.05) is 57.9 Å². The van der Waals surface area contributed by atoms with E-state index >= 15 is 0 Å². The fraction of sp³-hybridized carbons (Fsp3) is 0.200. The first kappa shape index (κ1) is 14.5. The Bertz CT molecular complexity index is 561. The molecule has 0 aliphatic heterocycles. The van der Waals surface area contributed by atoms with E-state index in [2.05, 4.69) is 15.9 Å². The van der Waals surface area contributed by atoms with Crippen LogP contribution in [0.4, 0.5) is 0 Å². The average Bonchev–Trinajstić information content (AvgIpc) is 2.41. The molecular formula is C15H15BrClNO. The normalized spacial score (nSPS) is 14.1. The molecular weight excluding hydrogens is 326 g/mol. The van der Waals surface area contributed by atoms with Gasteiger partial charge in [0, 0.05) is 22.0 Å². The van der Waals surface area contributed by atoms with Crippen molar-refractivity contribution in [1.29, 1.82) is 0 Å². The number of aliphatic hydroxyl groups excluding tert-OH is 1. The Morgan fingerprint density at radius 2 is 1.89 bits per heavy atom. The lowest BCUT2D eigenvalue weighted by Gasteiger charge is -2.23. The molecule has 0 amide bonds. The fourth-order valence-corrected chi connectivity index (χ4v) is 2.90. The van der Waals surface area contributed by atoms with E-state index in [0.717, 1.165) is 15.6 Å². The van der Waals surface area contributed by atoms with Crippen LogP contribution in [-0.2, 0) is 0 Å². The SMILES string of the molecule is NCC(c1ccccc1Br)C(O)c1cccc(Cl)c1. The van der Waals surface area contributed by atoms with Crippen molar-refractivity contribution in [3.63, 3.8) is 0 Å². The summed E-state index contributed by atoms with van der Waals surface area (Å²) < 4.78 is 0.950.